The van der Waals surface area contributed by atoms with Crippen molar-refractivity contribution in [2.75, 3.05) is 13.1 Å². The molecule has 0 bridgehead atoms. The zero-order valence-corrected chi connectivity index (χ0v) is 19.7. The van der Waals surface area contributed by atoms with Crippen molar-refractivity contribution >= 4 is 5.91 Å². The normalized spacial score (nSPS) is 14.9. The standard InChI is InChI=1S/C20H22F17NO/c1-3-5-10-38(12(39)4-2)11-8-6-7-9-13(21,22)14(23,24)15(25,26)16(27,28)17(29,30)18(31,32)19(33,34)20(35,36)37/h4H,2-3,5-11H2,1H3. The van der Waals surface area contributed by atoms with Crippen molar-refractivity contribution in [3.63, 3.8) is 0 Å². The maximum absolute atomic E-state index is 13.9. The third kappa shape index (κ3) is 6.51. The van der Waals surface area contributed by atoms with Gasteiger partial charge in [-0.3, -0.25) is 4.79 Å². The lowest BCUT2D eigenvalue weighted by atomic mass is 9.88. The second-order valence-electron chi connectivity index (χ2n) is 8.34. The fraction of sp³-hybridized carbons (Fsp3) is 0.850. The van der Waals surface area contributed by atoms with E-state index < -0.39 is 72.8 Å². The van der Waals surface area contributed by atoms with Crippen LogP contribution in [-0.2, 0) is 4.79 Å². The van der Waals surface area contributed by atoms with Crippen LogP contribution < -0.4 is 0 Å². The summed E-state index contributed by atoms with van der Waals surface area (Å²) in [6.07, 6.45) is -10.4. The van der Waals surface area contributed by atoms with E-state index in [1.807, 2.05) is 0 Å². The summed E-state index contributed by atoms with van der Waals surface area (Å²) < 4.78 is 225. The minimum Gasteiger partial charge on any atom is -0.339 e. The number of unbranched alkanes of at least 4 members (excludes halogenated alkanes) is 3. The van der Waals surface area contributed by atoms with Crippen molar-refractivity contribution in [1.82, 2.24) is 4.90 Å². The Morgan fingerprint density at radius 1 is 0.590 bits per heavy atom. The summed E-state index contributed by atoms with van der Waals surface area (Å²) in [7, 11) is 0. The first-order chi connectivity index (χ1) is 17.2. The molecule has 19 heteroatoms. The maximum Gasteiger partial charge on any atom is 0.460 e. The van der Waals surface area contributed by atoms with Gasteiger partial charge in [-0.1, -0.05) is 26.3 Å². The zero-order chi connectivity index (χ0) is 31.5. The van der Waals surface area contributed by atoms with Crippen molar-refractivity contribution in [1.29, 1.82) is 0 Å². The number of hydrogen-bond donors (Lipinski definition) is 0. The number of rotatable bonds is 16. The van der Waals surface area contributed by atoms with Gasteiger partial charge < -0.3 is 4.90 Å². The Morgan fingerprint density at radius 2 is 0.974 bits per heavy atom. The van der Waals surface area contributed by atoms with Gasteiger partial charge in [0.05, 0.1) is 0 Å². The Hall–Kier alpha value is -1.98. The largest absolute Gasteiger partial charge is 0.460 e. The smallest absolute Gasteiger partial charge is 0.339 e. The summed E-state index contributed by atoms with van der Waals surface area (Å²) in [6, 6.07) is 0. The van der Waals surface area contributed by atoms with E-state index in [0.717, 1.165) is 11.0 Å². The van der Waals surface area contributed by atoms with Crippen LogP contribution in [0.15, 0.2) is 12.7 Å². The predicted octanol–water partition coefficient (Wildman–Crippen LogP) is 8.37. The van der Waals surface area contributed by atoms with Crippen LogP contribution in [0.1, 0.15) is 45.4 Å². The molecule has 0 spiro atoms. The molecule has 0 unspecified atom stereocenters. The number of amides is 1. The molecule has 0 saturated carbocycles. The van der Waals surface area contributed by atoms with Gasteiger partial charge >= 0.3 is 47.6 Å². The highest BCUT2D eigenvalue weighted by Crippen LogP contribution is 2.64. The second-order valence-corrected chi connectivity index (χ2v) is 8.34. The molecule has 232 valence electrons. The van der Waals surface area contributed by atoms with Gasteiger partial charge in [-0.25, -0.2) is 0 Å². The molecule has 2 nitrogen and oxygen atoms in total. The molecule has 0 rings (SSSR count). The molecule has 0 heterocycles. The van der Waals surface area contributed by atoms with E-state index in [1.165, 1.54) is 0 Å². The molecule has 1 amide bonds. The lowest BCUT2D eigenvalue weighted by molar-refractivity contribution is -0.461. The monoisotopic (exact) mass is 615 g/mol. The summed E-state index contributed by atoms with van der Waals surface area (Å²) in [5.74, 6) is -56.8. The van der Waals surface area contributed by atoms with Crippen LogP contribution >= 0.6 is 0 Å². The third-order valence-electron chi connectivity index (χ3n) is 5.47. The lowest BCUT2D eigenvalue weighted by Gasteiger charge is -2.42. The summed E-state index contributed by atoms with van der Waals surface area (Å²) >= 11 is 0. The molecule has 0 N–H and O–H groups in total. The SMILES string of the molecule is C=CC(=O)N(CCCC)CCCCCC(F)(F)C(F)(F)C(F)(F)C(F)(F)C(F)(F)C(F)(F)C(F)(F)C(F)(F)F. The van der Waals surface area contributed by atoms with Crippen molar-refractivity contribution in [3.05, 3.63) is 12.7 Å². The Morgan fingerprint density at radius 3 is 1.36 bits per heavy atom. The number of halogens is 17. The highest BCUT2D eigenvalue weighted by atomic mass is 19.4. The molecule has 0 aromatic heterocycles. The van der Waals surface area contributed by atoms with Gasteiger partial charge in [0.2, 0.25) is 5.91 Å². The molecule has 0 aliphatic carbocycles. The average Bonchev–Trinajstić information content (AvgIpc) is 2.78. The summed E-state index contributed by atoms with van der Waals surface area (Å²) in [4.78, 5) is 12.8. The van der Waals surface area contributed by atoms with Gasteiger partial charge in [-0.15, -0.1) is 0 Å². The highest BCUT2D eigenvalue weighted by molar-refractivity contribution is 5.86. The summed E-state index contributed by atoms with van der Waals surface area (Å²) in [6.45, 7) is 4.87. The summed E-state index contributed by atoms with van der Waals surface area (Å²) in [5.41, 5.74) is 0. The van der Waals surface area contributed by atoms with E-state index in [-0.39, 0.29) is 19.5 Å². The fourth-order valence-corrected chi connectivity index (χ4v) is 2.99. The van der Waals surface area contributed by atoms with Gasteiger partial charge in [-0.2, -0.15) is 74.6 Å². The van der Waals surface area contributed by atoms with E-state index in [2.05, 4.69) is 6.58 Å². The Balaban J connectivity index is 5.87. The summed E-state index contributed by atoms with van der Waals surface area (Å²) in [5, 5.41) is 0. The van der Waals surface area contributed by atoms with Gasteiger partial charge in [0.1, 0.15) is 0 Å². The number of hydrogen-bond acceptors (Lipinski definition) is 1. The molecule has 0 atom stereocenters. The quantitative estimate of drug-likeness (QED) is 0.0971. The lowest BCUT2D eigenvalue weighted by Crippen LogP contribution is -2.74. The van der Waals surface area contributed by atoms with E-state index in [4.69, 9.17) is 0 Å². The van der Waals surface area contributed by atoms with Crippen LogP contribution in [0.3, 0.4) is 0 Å². The molecule has 0 aromatic rings. The maximum atomic E-state index is 13.9. The number of nitrogens with zero attached hydrogens (tertiary/aromatic N) is 1. The fourth-order valence-electron chi connectivity index (χ4n) is 2.99. The van der Waals surface area contributed by atoms with Crippen LogP contribution in [0.5, 0.6) is 0 Å². The molecule has 39 heavy (non-hydrogen) atoms. The van der Waals surface area contributed by atoms with Gasteiger partial charge in [0.25, 0.3) is 0 Å². The van der Waals surface area contributed by atoms with Crippen molar-refractivity contribution in [2.24, 2.45) is 0 Å². The van der Waals surface area contributed by atoms with E-state index >= 15 is 0 Å². The molecule has 0 aliphatic rings. The highest BCUT2D eigenvalue weighted by Gasteiger charge is 2.95. The minimum atomic E-state index is -8.62. The number of carbonyl (C=O) groups excluding carboxylic acids is 1. The van der Waals surface area contributed by atoms with Crippen molar-refractivity contribution in [3.8, 4) is 0 Å². The molecular weight excluding hydrogens is 593 g/mol. The van der Waals surface area contributed by atoms with Gasteiger partial charge in [-0.05, 0) is 25.3 Å². The van der Waals surface area contributed by atoms with E-state index in [9.17, 15) is 79.4 Å². The second kappa shape index (κ2) is 11.9. The zero-order valence-electron chi connectivity index (χ0n) is 19.7. The van der Waals surface area contributed by atoms with Crippen LogP contribution in [-0.4, -0.2) is 71.5 Å². The van der Waals surface area contributed by atoms with Crippen LogP contribution in [0, 0.1) is 0 Å². The molecule has 0 saturated heterocycles. The Labute approximate surface area is 210 Å². The van der Waals surface area contributed by atoms with Crippen molar-refractivity contribution < 1.29 is 79.4 Å². The van der Waals surface area contributed by atoms with Crippen LogP contribution in [0.4, 0.5) is 74.6 Å². The minimum absolute atomic E-state index is 0.142. The topological polar surface area (TPSA) is 20.3 Å². The third-order valence-corrected chi connectivity index (χ3v) is 5.47. The number of carbonyl (C=O) groups is 1. The van der Waals surface area contributed by atoms with Gasteiger partial charge in [0.15, 0.2) is 0 Å². The molecular formula is C20H22F17NO. The first-order valence-electron chi connectivity index (χ1n) is 10.8. The van der Waals surface area contributed by atoms with Crippen LogP contribution in [0.25, 0.3) is 0 Å². The first kappa shape index (κ1) is 37.0. The van der Waals surface area contributed by atoms with E-state index in [0.29, 0.717) is 12.8 Å². The Bertz CT molecular complexity index is 835. The molecule has 0 aromatic carbocycles. The Kier molecular flexibility index (Phi) is 11.3. The first-order valence-corrected chi connectivity index (χ1v) is 10.8. The molecule has 0 aliphatic heterocycles. The predicted molar refractivity (Wildman–Crippen MR) is 101 cm³/mol. The molecule has 0 radical (unpaired) electrons. The van der Waals surface area contributed by atoms with Gasteiger partial charge in [0, 0.05) is 19.5 Å². The van der Waals surface area contributed by atoms with E-state index in [1.54, 1.807) is 6.92 Å². The van der Waals surface area contributed by atoms with Crippen LogP contribution in [0.2, 0.25) is 0 Å². The van der Waals surface area contributed by atoms with Crippen molar-refractivity contribution in [2.45, 2.75) is 93.1 Å². The average molecular weight is 615 g/mol. The molecule has 0 fully saturated rings. The number of alkyl halides is 17.